The predicted molar refractivity (Wildman–Crippen MR) is 111 cm³/mol. The number of Topliss-reactive ketones (excluding diaryl/α,β-unsaturated/α-hetero) is 1. The van der Waals surface area contributed by atoms with Crippen molar-refractivity contribution >= 4 is 39.1 Å². The second kappa shape index (κ2) is 7.79. The second-order valence-electron chi connectivity index (χ2n) is 7.29. The number of H-pyrrole nitrogens is 1. The van der Waals surface area contributed by atoms with Crippen LogP contribution in [0.15, 0.2) is 9.95 Å². The van der Waals surface area contributed by atoms with Crippen LogP contribution in [0.5, 0.6) is 0 Å². The minimum atomic E-state index is -0.188. The van der Waals surface area contributed by atoms with Gasteiger partial charge in [0.05, 0.1) is 16.0 Å². The Balaban J connectivity index is 1.60. The highest BCUT2D eigenvalue weighted by Gasteiger charge is 2.22. The van der Waals surface area contributed by atoms with Gasteiger partial charge in [0.15, 0.2) is 10.9 Å². The summed E-state index contributed by atoms with van der Waals surface area (Å²) in [5.74, 6) is 2.00. The highest BCUT2D eigenvalue weighted by Crippen LogP contribution is 2.33. The van der Waals surface area contributed by atoms with Gasteiger partial charge in [-0.2, -0.15) is 0 Å². The van der Waals surface area contributed by atoms with Gasteiger partial charge in [-0.25, -0.2) is 4.98 Å². The molecule has 0 spiro atoms. The van der Waals surface area contributed by atoms with E-state index >= 15 is 0 Å². The Morgan fingerprint density at radius 1 is 1.25 bits per heavy atom. The van der Waals surface area contributed by atoms with Gasteiger partial charge in [-0.3, -0.25) is 9.59 Å². The molecule has 1 N–H and O–H groups in total. The molecule has 3 heterocycles. The third-order valence-electron chi connectivity index (χ3n) is 5.28. The molecule has 0 aromatic carbocycles. The molecule has 148 valence electrons. The molecule has 0 aliphatic heterocycles. The normalized spacial score (nSPS) is 15.4. The lowest BCUT2D eigenvalue weighted by molar-refractivity contribution is 0.102. The van der Waals surface area contributed by atoms with Gasteiger partial charge in [0.2, 0.25) is 0 Å². The van der Waals surface area contributed by atoms with Crippen LogP contribution < -0.4 is 5.56 Å². The summed E-state index contributed by atoms with van der Waals surface area (Å²) in [6, 6.07) is 0.457. The first-order chi connectivity index (χ1) is 13.5. The lowest BCUT2D eigenvalue weighted by atomic mass is 9.95. The summed E-state index contributed by atoms with van der Waals surface area (Å²) in [6.45, 7) is 5.31. The van der Waals surface area contributed by atoms with Gasteiger partial charge < -0.3 is 9.55 Å². The number of carbonyl (C=O) groups is 1. The highest BCUT2D eigenvalue weighted by molar-refractivity contribution is 7.98. The number of nitrogens with one attached hydrogen (secondary N) is 1. The van der Waals surface area contributed by atoms with E-state index in [1.54, 1.807) is 18.7 Å². The number of carbonyl (C=O) groups excluding carboxylic acids is 1. The van der Waals surface area contributed by atoms with E-state index < -0.39 is 0 Å². The van der Waals surface area contributed by atoms with Crippen LogP contribution in [0.25, 0.3) is 10.2 Å². The van der Waals surface area contributed by atoms with E-state index in [9.17, 15) is 9.59 Å². The van der Waals surface area contributed by atoms with Crippen molar-refractivity contribution in [3.8, 4) is 0 Å². The smallest absolute Gasteiger partial charge is 0.259 e. The lowest BCUT2D eigenvalue weighted by Crippen LogP contribution is -2.15. The third kappa shape index (κ3) is 3.53. The van der Waals surface area contributed by atoms with E-state index in [0.717, 1.165) is 23.8 Å². The van der Waals surface area contributed by atoms with Crippen molar-refractivity contribution in [2.75, 3.05) is 0 Å². The Morgan fingerprint density at radius 3 is 2.71 bits per heavy atom. The van der Waals surface area contributed by atoms with Crippen molar-refractivity contribution in [1.82, 2.24) is 24.7 Å². The molecule has 1 aliphatic carbocycles. The number of fused-ring (bicyclic) bond motifs is 1. The van der Waals surface area contributed by atoms with E-state index in [4.69, 9.17) is 0 Å². The molecule has 0 saturated heterocycles. The summed E-state index contributed by atoms with van der Waals surface area (Å²) in [4.78, 5) is 33.0. The molecule has 4 rings (SSSR count). The Bertz CT molecular complexity index is 1090. The number of nitrogens with zero attached hydrogens (tertiary/aromatic N) is 4. The first-order valence-corrected chi connectivity index (χ1v) is 11.3. The fourth-order valence-corrected chi connectivity index (χ4v) is 5.95. The van der Waals surface area contributed by atoms with Crippen LogP contribution in [-0.2, 0) is 5.75 Å². The second-order valence-corrected chi connectivity index (χ2v) is 9.23. The van der Waals surface area contributed by atoms with Crippen molar-refractivity contribution in [3.63, 3.8) is 0 Å². The summed E-state index contributed by atoms with van der Waals surface area (Å²) < 4.78 is 2.24. The molecule has 0 radical (unpaired) electrons. The van der Waals surface area contributed by atoms with Crippen LogP contribution in [-0.4, -0.2) is 30.5 Å². The molecule has 1 aliphatic rings. The molecule has 1 fully saturated rings. The van der Waals surface area contributed by atoms with Crippen LogP contribution >= 0.6 is 23.1 Å². The van der Waals surface area contributed by atoms with Crippen molar-refractivity contribution in [2.45, 2.75) is 69.8 Å². The van der Waals surface area contributed by atoms with Crippen LogP contribution in [0.1, 0.15) is 72.0 Å². The molecule has 0 bridgehead atoms. The number of thioether (sulfide) groups is 1. The van der Waals surface area contributed by atoms with Crippen LogP contribution in [0.3, 0.4) is 0 Å². The van der Waals surface area contributed by atoms with Gasteiger partial charge in [0, 0.05) is 6.04 Å². The van der Waals surface area contributed by atoms with E-state index in [1.807, 2.05) is 6.92 Å². The fraction of sp³-hybridized carbons (Fsp3) is 0.526. The van der Waals surface area contributed by atoms with Crippen molar-refractivity contribution in [3.05, 3.63) is 32.4 Å². The van der Waals surface area contributed by atoms with Crippen molar-refractivity contribution in [1.29, 1.82) is 0 Å². The Kier molecular flexibility index (Phi) is 5.37. The molecule has 0 unspecified atom stereocenters. The average Bonchev–Trinajstić information content (AvgIpc) is 3.21. The number of ketones is 1. The van der Waals surface area contributed by atoms with Gasteiger partial charge in [0.1, 0.15) is 16.5 Å². The van der Waals surface area contributed by atoms with E-state index in [-0.39, 0.29) is 11.3 Å². The monoisotopic (exact) mass is 417 g/mol. The molecule has 3 aromatic heterocycles. The average molecular weight is 418 g/mol. The Morgan fingerprint density at radius 2 is 2.00 bits per heavy atom. The number of hydrogen-bond acceptors (Lipinski definition) is 7. The number of aromatic amines is 1. The topological polar surface area (TPSA) is 93.5 Å². The van der Waals surface area contributed by atoms with E-state index in [1.165, 1.54) is 37.5 Å². The lowest BCUT2D eigenvalue weighted by Gasteiger charge is -2.24. The van der Waals surface area contributed by atoms with Gasteiger partial charge in [-0.05, 0) is 39.2 Å². The van der Waals surface area contributed by atoms with Crippen molar-refractivity contribution in [2.24, 2.45) is 0 Å². The quantitative estimate of drug-likeness (QED) is 0.494. The highest BCUT2D eigenvalue weighted by atomic mass is 32.2. The van der Waals surface area contributed by atoms with Crippen LogP contribution in [0.4, 0.5) is 0 Å². The first kappa shape index (κ1) is 19.3. The Labute approximate surface area is 171 Å². The maximum Gasteiger partial charge on any atom is 0.259 e. The van der Waals surface area contributed by atoms with E-state index in [2.05, 4.69) is 24.7 Å². The minimum Gasteiger partial charge on any atom is -0.309 e. The summed E-state index contributed by atoms with van der Waals surface area (Å²) in [5, 5.41) is 10.0. The fourth-order valence-electron chi connectivity index (χ4n) is 3.93. The first-order valence-electron chi connectivity index (χ1n) is 9.53. The SMILES string of the molecule is CC(=O)c1sc2nc(CSc3nnc(C)n3C3CCCCC3)[nH]c(=O)c2c1C. The standard InChI is InChI=1S/C19H23N5O2S2/c1-10-15-17(26)20-14(21-18(15)28-16(10)11(2)25)9-27-19-23-22-12(3)24(19)13-7-5-4-6-8-13/h13H,4-9H2,1-3H3,(H,20,21,26). The zero-order valence-electron chi connectivity index (χ0n) is 16.2. The number of rotatable bonds is 5. The van der Waals surface area contributed by atoms with Crippen LogP contribution in [0, 0.1) is 13.8 Å². The van der Waals surface area contributed by atoms with Gasteiger partial charge in [0.25, 0.3) is 5.56 Å². The van der Waals surface area contributed by atoms with Crippen molar-refractivity contribution < 1.29 is 4.79 Å². The molecule has 9 heteroatoms. The molecular weight excluding hydrogens is 394 g/mol. The summed E-state index contributed by atoms with van der Waals surface area (Å²) in [7, 11) is 0. The minimum absolute atomic E-state index is 0.0353. The van der Waals surface area contributed by atoms with Gasteiger partial charge >= 0.3 is 0 Å². The van der Waals surface area contributed by atoms with Gasteiger partial charge in [-0.1, -0.05) is 31.0 Å². The maximum absolute atomic E-state index is 12.5. The third-order valence-corrected chi connectivity index (χ3v) is 7.52. The number of aromatic nitrogens is 5. The molecule has 1 saturated carbocycles. The maximum atomic E-state index is 12.5. The number of aryl methyl sites for hydroxylation is 2. The summed E-state index contributed by atoms with van der Waals surface area (Å²) in [5.41, 5.74) is 0.528. The van der Waals surface area contributed by atoms with E-state index in [0.29, 0.717) is 38.3 Å². The summed E-state index contributed by atoms with van der Waals surface area (Å²) >= 11 is 2.83. The predicted octanol–water partition coefficient (Wildman–Crippen LogP) is 4.19. The number of hydrogen-bond donors (Lipinski definition) is 1. The largest absolute Gasteiger partial charge is 0.309 e. The molecule has 0 atom stereocenters. The number of thiophene rings is 1. The zero-order chi connectivity index (χ0) is 19.8. The molecule has 3 aromatic rings. The summed E-state index contributed by atoms with van der Waals surface area (Å²) in [6.07, 6.45) is 6.11. The molecular formula is C19H23N5O2S2. The molecule has 28 heavy (non-hydrogen) atoms. The zero-order valence-corrected chi connectivity index (χ0v) is 17.9. The Hall–Kier alpha value is -2.00. The molecule has 7 nitrogen and oxygen atoms in total. The van der Waals surface area contributed by atoms with Crippen LogP contribution in [0.2, 0.25) is 0 Å². The van der Waals surface area contributed by atoms with Gasteiger partial charge in [-0.15, -0.1) is 21.5 Å². The molecule has 0 amide bonds.